The molecule has 0 unspecified atom stereocenters. The summed E-state index contributed by atoms with van der Waals surface area (Å²) in [6.07, 6.45) is 3.50. The average molecular weight is 381 g/mol. The van der Waals surface area contributed by atoms with Crippen molar-refractivity contribution in [1.29, 1.82) is 0 Å². The first-order valence-corrected chi connectivity index (χ1v) is 9.21. The van der Waals surface area contributed by atoms with E-state index in [4.69, 9.17) is 4.74 Å². The number of pyridine rings is 2. The second kappa shape index (κ2) is 7.90. The lowest BCUT2D eigenvalue weighted by Crippen LogP contribution is -2.39. The van der Waals surface area contributed by atoms with Crippen LogP contribution in [0.25, 0.3) is 10.9 Å². The van der Waals surface area contributed by atoms with Crippen molar-refractivity contribution >= 4 is 16.8 Å². The number of halogens is 1. The zero-order valence-electron chi connectivity index (χ0n) is 15.2. The number of amides is 1. The van der Waals surface area contributed by atoms with E-state index in [-0.39, 0.29) is 29.0 Å². The van der Waals surface area contributed by atoms with E-state index in [2.05, 4.69) is 15.3 Å². The number of hydrogen-bond acceptors (Lipinski definition) is 5. The maximum Gasteiger partial charge on any atom is 0.270 e. The highest BCUT2D eigenvalue weighted by molar-refractivity contribution is 5.96. The van der Waals surface area contributed by atoms with Gasteiger partial charge in [0.2, 0.25) is 5.88 Å². The van der Waals surface area contributed by atoms with E-state index in [9.17, 15) is 14.3 Å². The molecule has 1 aliphatic rings. The number of aromatic hydroxyl groups is 1. The van der Waals surface area contributed by atoms with E-state index in [0.29, 0.717) is 25.0 Å². The van der Waals surface area contributed by atoms with Crippen LogP contribution in [0.15, 0.2) is 42.6 Å². The summed E-state index contributed by atoms with van der Waals surface area (Å²) < 4.78 is 19.7. The predicted molar refractivity (Wildman–Crippen MR) is 102 cm³/mol. The van der Waals surface area contributed by atoms with E-state index >= 15 is 0 Å². The number of para-hydroxylation sites is 1. The normalized spacial score (nSPS) is 14.9. The number of hydrogen-bond donors (Lipinski definition) is 2. The summed E-state index contributed by atoms with van der Waals surface area (Å²) in [6.45, 7) is 1.23. The number of benzene rings is 1. The van der Waals surface area contributed by atoms with Crippen molar-refractivity contribution in [3.63, 3.8) is 0 Å². The van der Waals surface area contributed by atoms with Gasteiger partial charge >= 0.3 is 0 Å². The van der Waals surface area contributed by atoms with Crippen molar-refractivity contribution in [3.8, 4) is 5.88 Å². The van der Waals surface area contributed by atoms with Gasteiger partial charge < -0.3 is 15.2 Å². The van der Waals surface area contributed by atoms with Gasteiger partial charge in [0.25, 0.3) is 5.91 Å². The summed E-state index contributed by atoms with van der Waals surface area (Å²) in [4.78, 5) is 20.9. The van der Waals surface area contributed by atoms with Crippen molar-refractivity contribution in [2.24, 2.45) is 0 Å². The highest BCUT2D eigenvalue weighted by Gasteiger charge is 2.20. The maximum atomic E-state index is 14.4. The van der Waals surface area contributed by atoms with Crippen LogP contribution >= 0.6 is 0 Å². The summed E-state index contributed by atoms with van der Waals surface area (Å²) >= 11 is 0. The Morgan fingerprint density at radius 2 is 2.07 bits per heavy atom. The minimum atomic E-state index is -0.469. The second-order valence-corrected chi connectivity index (χ2v) is 6.86. The molecule has 0 bridgehead atoms. The Labute approximate surface area is 161 Å². The van der Waals surface area contributed by atoms with Gasteiger partial charge in [0.15, 0.2) is 0 Å². The molecule has 0 atom stereocenters. The maximum absolute atomic E-state index is 14.4. The van der Waals surface area contributed by atoms with E-state index in [1.54, 1.807) is 30.5 Å². The Morgan fingerprint density at radius 3 is 2.82 bits per heavy atom. The van der Waals surface area contributed by atoms with Crippen LogP contribution < -0.4 is 5.32 Å². The molecule has 7 heteroatoms. The van der Waals surface area contributed by atoms with Crippen molar-refractivity contribution in [3.05, 3.63) is 65.2 Å². The molecule has 2 N–H and O–H groups in total. The fourth-order valence-corrected chi connectivity index (χ4v) is 3.39. The first-order valence-electron chi connectivity index (χ1n) is 9.21. The highest BCUT2D eigenvalue weighted by Crippen LogP contribution is 2.24. The number of aromatic nitrogens is 2. The standard InChI is InChI=1S/C21H20FN3O3/c22-17-3-1-2-16-14(10-13-4-5-19(26)23-12-13)11-18(25-20(16)17)21(27)24-15-6-8-28-9-7-15/h1-5,11-12,15H,6-10H2,(H,23,26)(H,24,27). The van der Waals surface area contributed by atoms with Crippen LogP contribution in [-0.4, -0.2) is 40.2 Å². The van der Waals surface area contributed by atoms with E-state index in [0.717, 1.165) is 24.0 Å². The first kappa shape index (κ1) is 18.3. The zero-order valence-corrected chi connectivity index (χ0v) is 15.2. The summed E-state index contributed by atoms with van der Waals surface area (Å²) in [5.41, 5.74) is 1.97. The number of ether oxygens (including phenoxy) is 1. The molecular weight excluding hydrogens is 361 g/mol. The lowest BCUT2D eigenvalue weighted by molar-refractivity contribution is 0.0694. The lowest BCUT2D eigenvalue weighted by atomic mass is 10.0. The first-order chi connectivity index (χ1) is 13.6. The molecule has 4 rings (SSSR count). The van der Waals surface area contributed by atoms with Gasteiger partial charge in [-0.05, 0) is 42.5 Å². The Morgan fingerprint density at radius 1 is 1.25 bits per heavy atom. The van der Waals surface area contributed by atoms with E-state index in [1.165, 1.54) is 12.1 Å². The van der Waals surface area contributed by atoms with Gasteiger partial charge in [-0.1, -0.05) is 18.2 Å². The SMILES string of the molecule is O=C(NC1CCOCC1)c1cc(Cc2ccc(O)nc2)c2cccc(F)c2n1. The summed E-state index contributed by atoms with van der Waals surface area (Å²) in [6, 6.07) is 9.72. The molecule has 1 aliphatic heterocycles. The predicted octanol–water partition coefficient (Wildman–Crippen LogP) is 2.97. The van der Waals surface area contributed by atoms with Crippen LogP contribution in [0.5, 0.6) is 5.88 Å². The number of rotatable bonds is 4. The molecule has 1 fully saturated rings. The van der Waals surface area contributed by atoms with Crippen molar-refractivity contribution in [2.45, 2.75) is 25.3 Å². The third-order valence-corrected chi connectivity index (χ3v) is 4.87. The van der Waals surface area contributed by atoms with Crippen LogP contribution in [-0.2, 0) is 11.2 Å². The summed E-state index contributed by atoms with van der Waals surface area (Å²) in [7, 11) is 0. The largest absolute Gasteiger partial charge is 0.493 e. The van der Waals surface area contributed by atoms with Gasteiger partial charge in [0.05, 0.1) is 0 Å². The van der Waals surface area contributed by atoms with Gasteiger partial charge in [0.1, 0.15) is 17.0 Å². The minimum absolute atomic E-state index is 0.0316. The number of fused-ring (bicyclic) bond motifs is 1. The molecule has 28 heavy (non-hydrogen) atoms. The van der Waals surface area contributed by atoms with Crippen LogP contribution in [0.2, 0.25) is 0 Å². The third kappa shape index (κ3) is 3.94. The molecule has 3 heterocycles. The smallest absolute Gasteiger partial charge is 0.270 e. The number of carbonyl (C=O) groups excluding carboxylic acids is 1. The number of nitrogens with zero attached hydrogens (tertiary/aromatic N) is 2. The van der Waals surface area contributed by atoms with Crippen molar-refractivity contribution < 1.29 is 19.0 Å². The molecule has 1 aromatic carbocycles. The molecule has 0 aliphatic carbocycles. The van der Waals surface area contributed by atoms with Gasteiger partial charge in [-0.25, -0.2) is 14.4 Å². The van der Waals surface area contributed by atoms with E-state index in [1.807, 2.05) is 0 Å². The second-order valence-electron chi connectivity index (χ2n) is 6.86. The fourth-order valence-electron chi connectivity index (χ4n) is 3.39. The minimum Gasteiger partial charge on any atom is -0.493 e. The quantitative estimate of drug-likeness (QED) is 0.726. The Kier molecular flexibility index (Phi) is 5.16. The highest BCUT2D eigenvalue weighted by atomic mass is 19.1. The topological polar surface area (TPSA) is 84.3 Å². The van der Waals surface area contributed by atoms with Crippen LogP contribution in [0.1, 0.15) is 34.5 Å². The van der Waals surface area contributed by atoms with Gasteiger partial charge in [0, 0.05) is 36.9 Å². The molecule has 6 nitrogen and oxygen atoms in total. The monoisotopic (exact) mass is 381 g/mol. The number of carbonyl (C=O) groups is 1. The van der Waals surface area contributed by atoms with Crippen molar-refractivity contribution in [1.82, 2.24) is 15.3 Å². The van der Waals surface area contributed by atoms with Gasteiger partial charge in [-0.15, -0.1) is 0 Å². The average Bonchev–Trinajstić information content (AvgIpc) is 2.71. The fraction of sp³-hybridized carbons (Fsp3) is 0.286. The Balaban J connectivity index is 1.69. The molecule has 1 saturated heterocycles. The van der Waals surface area contributed by atoms with E-state index < -0.39 is 5.82 Å². The molecule has 2 aromatic heterocycles. The molecular formula is C21H20FN3O3. The molecule has 1 amide bonds. The Hall–Kier alpha value is -3.06. The molecule has 0 spiro atoms. The van der Waals surface area contributed by atoms with Crippen LogP contribution in [0.4, 0.5) is 4.39 Å². The number of nitrogens with one attached hydrogen (secondary N) is 1. The lowest BCUT2D eigenvalue weighted by Gasteiger charge is -2.23. The van der Waals surface area contributed by atoms with Gasteiger partial charge in [-0.3, -0.25) is 4.79 Å². The Bertz CT molecular complexity index is 1000. The van der Waals surface area contributed by atoms with Crippen LogP contribution in [0.3, 0.4) is 0 Å². The summed E-state index contributed by atoms with van der Waals surface area (Å²) in [5.74, 6) is -0.851. The molecule has 144 valence electrons. The third-order valence-electron chi connectivity index (χ3n) is 4.87. The molecule has 3 aromatic rings. The summed E-state index contributed by atoms with van der Waals surface area (Å²) in [5, 5.41) is 13.0. The molecule has 0 saturated carbocycles. The van der Waals surface area contributed by atoms with Gasteiger partial charge in [-0.2, -0.15) is 0 Å². The zero-order chi connectivity index (χ0) is 19.5. The van der Waals surface area contributed by atoms with Crippen molar-refractivity contribution in [2.75, 3.05) is 13.2 Å². The van der Waals surface area contributed by atoms with Crippen LogP contribution in [0, 0.1) is 5.82 Å². The molecule has 0 radical (unpaired) electrons.